The molecule has 5 aliphatic carbocycles. The molecule has 0 amide bonds. The van der Waals surface area contributed by atoms with Crippen LogP contribution < -0.4 is 0 Å². The van der Waals surface area contributed by atoms with Crippen LogP contribution in [0, 0.1) is 51.2 Å². The quantitative estimate of drug-likeness (QED) is 0.483. The largest absolute Gasteiger partial charge is 0.393 e. The first kappa shape index (κ1) is 22.2. The van der Waals surface area contributed by atoms with Gasteiger partial charge in [0.05, 0.1) is 6.10 Å². The Hall–Kier alpha value is -0.630. The summed E-state index contributed by atoms with van der Waals surface area (Å²) in [4.78, 5) is 13.4. The summed E-state index contributed by atoms with van der Waals surface area (Å²) >= 11 is 0. The number of Topliss-reactive ketones (excluding diaryl/α,β-unsaturated/α-hetero) is 1. The van der Waals surface area contributed by atoms with Crippen molar-refractivity contribution in [3.05, 3.63) is 12.2 Å². The van der Waals surface area contributed by atoms with Crippen LogP contribution >= 0.6 is 0 Å². The standard InChI is InChI=1S/C29H46O2/c1-18(2)19(3)7-8-20(4)22-10-11-27(6)25-16-24(31)23-15-21(30)9-12-28(23)17-29(25,28)14-13-26(22,27)5/h18,20-23,25,30H,3,7-17H2,1-2,4-6H3. The number of hydrogen-bond acceptors (Lipinski definition) is 2. The molecule has 5 saturated carbocycles. The third-order valence-electron chi connectivity index (χ3n) is 12.4. The van der Waals surface area contributed by atoms with Crippen molar-refractivity contribution in [2.75, 3.05) is 0 Å². The van der Waals surface area contributed by atoms with E-state index in [-0.39, 0.29) is 17.4 Å². The van der Waals surface area contributed by atoms with Crippen LogP contribution in [0.1, 0.15) is 105 Å². The number of aliphatic hydroxyl groups is 1. The van der Waals surface area contributed by atoms with E-state index in [1.165, 1.54) is 50.5 Å². The zero-order valence-corrected chi connectivity index (χ0v) is 20.8. The highest BCUT2D eigenvalue weighted by Crippen LogP contribution is 2.87. The number of fused-ring (bicyclic) bond motifs is 2. The van der Waals surface area contributed by atoms with Crippen LogP contribution in [0.5, 0.6) is 0 Å². The van der Waals surface area contributed by atoms with Gasteiger partial charge in [-0.05, 0) is 110 Å². The van der Waals surface area contributed by atoms with E-state index in [1.54, 1.807) is 0 Å². The summed E-state index contributed by atoms with van der Waals surface area (Å²) in [5, 5.41) is 10.3. The summed E-state index contributed by atoms with van der Waals surface area (Å²) in [5.41, 5.74) is 2.76. The fourth-order valence-corrected chi connectivity index (χ4v) is 10.2. The van der Waals surface area contributed by atoms with Crippen LogP contribution in [0.4, 0.5) is 0 Å². The minimum absolute atomic E-state index is 0.165. The molecule has 9 atom stereocenters. The van der Waals surface area contributed by atoms with Crippen molar-refractivity contribution in [1.82, 2.24) is 0 Å². The molecule has 5 aliphatic rings. The molecule has 31 heavy (non-hydrogen) atoms. The number of ketones is 1. The van der Waals surface area contributed by atoms with E-state index in [0.717, 1.165) is 37.5 Å². The molecular formula is C29H46O2. The molecule has 0 heterocycles. The molecule has 2 nitrogen and oxygen atoms in total. The van der Waals surface area contributed by atoms with Gasteiger partial charge in [0.25, 0.3) is 0 Å². The first-order valence-corrected chi connectivity index (χ1v) is 13.4. The van der Waals surface area contributed by atoms with Gasteiger partial charge in [0.15, 0.2) is 0 Å². The topological polar surface area (TPSA) is 37.3 Å². The highest BCUT2D eigenvalue weighted by atomic mass is 16.3. The van der Waals surface area contributed by atoms with Gasteiger partial charge in [-0.3, -0.25) is 4.79 Å². The SMILES string of the molecule is C=C(CCC(C)C1CCC2(C)C3CC(=O)C4CC(O)CCC45CC35CCC12C)C(C)C. The Bertz CT molecular complexity index is 784. The number of carbonyl (C=O) groups excluding carboxylic acids is 1. The maximum Gasteiger partial charge on any atom is 0.136 e. The summed E-state index contributed by atoms with van der Waals surface area (Å²) in [6.07, 6.45) is 12.4. The van der Waals surface area contributed by atoms with E-state index in [9.17, 15) is 9.90 Å². The summed E-state index contributed by atoms with van der Waals surface area (Å²) in [6, 6.07) is 0. The van der Waals surface area contributed by atoms with Gasteiger partial charge in [-0.25, -0.2) is 0 Å². The lowest BCUT2D eigenvalue weighted by atomic mass is 9.43. The Morgan fingerprint density at radius 1 is 1.06 bits per heavy atom. The third-order valence-corrected chi connectivity index (χ3v) is 12.4. The molecule has 0 aromatic heterocycles. The molecule has 2 heteroatoms. The maximum absolute atomic E-state index is 13.4. The summed E-state index contributed by atoms with van der Waals surface area (Å²) in [7, 11) is 0. The average molecular weight is 427 g/mol. The Labute approximate surface area is 190 Å². The maximum atomic E-state index is 13.4. The predicted octanol–water partition coefficient (Wildman–Crippen LogP) is 6.96. The van der Waals surface area contributed by atoms with Crippen LogP contribution in [0.2, 0.25) is 0 Å². The van der Waals surface area contributed by atoms with Crippen molar-refractivity contribution < 1.29 is 9.90 Å². The van der Waals surface area contributed by atoms with Crippen LogP contribution in [0.15, 0.2) is 12.2 Å². The molecule has 0 radical (unpaired) electrons. The minimum atomic E-state index is -0.240. The first-order valence-electron chi connectivity index (χ1n) is 13.4. The van der Waals surface area contributed by atoms with E-state index in [2.05, 4.69) is 41.2 Å². The second kappa shape index (κ2) is 6.94. The molecular weight excluding hydrogens is 380 g/mol. The monoisotopic (exact) mass is 426 g/mol. The fourth-order valence-electron chi connectivity index (χ4n) is 10.2. The Kier molecular flexibility index (Phi) is 4.96. The molecule has 0 aromatic carbocycles. The fraction of sp³-hybridized carbons (Fsp3) is 0.897. The van der Waals surface area contributed by atoms with Crippen molar-refractivity contribution in [2.24, 2.45) is 51.2 Å². The predicted molar refractivity (Wildman–Crippen MR) is 126 cm³/mol. The van der Waals surface area contributed by atoms with Crippen LogP contribution in [0.3, 0.4) is 0 Å². The summed E-state index contributed by atoms with van der Waals surface area (Å²) < 4.78 is 0. The van der Waals surface area contributed by atoms with Gasteiger partial charge in [-0.15, -0.1) is 0 Å². The molecule has 174 valence electrons. The van der Waals surface area contributed by atoms with Crippen molar-refractivity contribution in [2.45, 2.75) is 111 Å². The Morgan fingerprint density at radius 3 is 2.52 bits per heavy atom. The zero-order valence-electron chi connectivity index (χ0n) is 20.8. The lowest BCUT2D eigenvalue weighted by Crippen LogP contribution is -2.56. The van der Waals surface area contributed by atoms with Crippen LogP contribution in [0.25, 0.3) is 0 Å². The number of aliphatic hydroxyl groups excluding tert-OH is 1. The van der Waals surface area contributed by atoms with E-state index >= 15 is 0 Å². The van der Waals surface area contributed by atoms with Crippen LogP contribution in [-0.4, -0.2) is 17.0 Å². The second-order valence-electron chi connectivity index (χ2n) is 13.5. The summed E-state index contributed by atoms with van der Waals surface area (Å²) in [6.45, 7) is 16.6. The third kappa shape index (κ3) is 2.75. The number of carbonyl (C=O) groups is 1. The summed E-state index contributed by atoms with van der Waals surface area (Å²) in [5.74, 6) is 3.37. The molecule has 0 bridgehead atoms. The zero-order chi connectivity index (χ0) is 22.4. The number of hydrogen-bond donors (Lipinski definition) is 1. The molecule has 9 unspecified atom stereocenters. The Balaban J connectivity index is 1.39. The molecule has 0 aliphatic heterocycles. The molecule has 5 rings (SSSR count). The molecule has 0 aromatic rings. The minimum Gasteiger partial charge on any atom is -0.393 e. The lowest BCUT2D eigenvalue weighted by molar-refractivity contribution is -0.157. The second-order valence-corrected chi connectivity index (χ2v) is 13.5. The average Bonchev–Trinajstić information content (AvgIpc) is 3.29. The van der Waals surface area contributed by atoms with E-state index in [4.69, 9.17) is 0 Å². The van der Waals surface area contributed by atoms with Gasteiger partial charge in [0, 0.05) is 12.3 Å². The van der Waals surface area contributed by atoms with Gasteiger partial charge in [-0.2, -0.15) is 0 Å². The Morgan fingerprint density at radius 2 is 1.81 bits per heavy atom. The highest BCUT2D eigenvalue weighted by molar-refractivity contribution is 5.85. The van der Waals surface area contributed by atoms with E-state index < -0.39 is 0 Å². The van der Waals surface area contributed by atoms with Crippen molar-refractivity contribution in [3.8, 4) is 0 Å². The van der Waals surface area contributed by atoms with Gasteiger partial charge in [0.2, 0.25) is 0 Å². The van der Waals surface area contributed by atoms with Crippen molar-refractivity contribution in [1.29, 1.82) is 0 Å². The van der Waals surface area contributed by atoms with Gasteiger partial charge < -0.3 is 5.11 Å². The lowest BCUT2D eigenvalue weighted by Gasteiger charge is -2.61. The molecule has 0 saturated heterocycles. The van der Waals surface area contributed by atoms with E-state index in [1.807, 2.05) is 0 Å². The highest BCUT2D eigenvalue weighted by Gasteiger charge is 2.82. The van der Waals surface area contributed by atoms with Crippen LogP contribution in [-0.2, 0) is 4.79 Å². The molecule has 2 spiro atoms. The van der Waals surface area contributed by atoms with Crippen molar-refractivity contribution >= 4 is 5.78 Å². The van der Waals surface area contributed by atoms with Crippen molar-refractivity contribution in [3.63, 3.8) is 0 Å². The number of allylic oxidation sites excluding steroid dienone is 1. The molecule has 5 fully saturated rings. The smallest absolute Gasteiger partial charge is 0.136 e. The molecule has 1 N–H and O–H groups in total. The normalized spacial score (nSPS) is 51.5. The number of rotatable bonds is 5. The van der Waals surface area contributed by atoms with Gasteiger partial charge >= 0.3 is 0 Å². The first-order chi connectivity index (χ1) is 14.5. The van der Waals surface area contributed by atoms with Gasteiger partial charge in [-0.1, -0.05) is 46.8 Å². The van der Waals surface area contributed by atoms with Gasteiger partial charge in [0.1, 0.15) is 5.78 Å². The van der Waals surface area contributed by atoms with E-state index in [0.29, 0.717) is 33.9 Å².